The third-order valence-corrected chi connectivity index (χ3v) is 4.08. The van der Waals surface area contributed by atoms with Gasteiger partial charge in [0, 0.05) is 38.8 Å². The van der Waals surface area contributed by atoms with Crippen LogP contribution in [0.15, 0.2) is 12.4 Å². The van der Waals surface area contributed by atoms with E-state index in [0.717, 1.165) is 39.1 Å². The average Bonchev–Trinajstić information content (AvgIpc) is 2.97. The molecule has 0 bridgehead atoms. The minimum Gasteiger partial charge on any atom is -0.395 e. The zero-order valence-corrected chi connectivity index (χ0v) is 12.4. The Morgan fingerprint density at radius 3 is 2.62 bits per heavy atom. The van der Waals surface area contributed by atoms with E-state index in [0.29, 0.717) is 6.54 Å². The van der Waals surface area contributed by atoms with Gasteiger partial charge in [0.15, 0.2) is 0 Å². The van der Waals surface area contributed by atoms with Crippen LogP contribution in [0.3, 0.4) is 0 Å². The lowest BCUT2D eigenvalue weighted by atomic mass is 10.1. The molecule has 2 rings (SSSR count). The molecular weight excluding hydrogens is 274 g/mol. The van der Waals surface area contributed by atoms with Crippen LogP contribution in [0, 0.1) is 10.1 Å². The van der Waals surface area contributed by atoms with Crippen molar-refractivity contribution in [3.8, 4) is 0 Å². The lowest BCUT2D eigenvalue weighted by Crippen LogP contribution is -2.51. The van der Waals surface area contributed by atoms with Crippen molar-refractivity contribution in [2.24, 2.45) is 0 Å². The molecule has 1 aromatic rings. The van der Waals surface area contributed by atoms with E-state index < -0.39 is 4.92 Å². The summed E-state index contributed by atoms with van der Waals surface area (Å²) in [7, 11) is 0. The summed E-state index contributed by atoms with van der Waals surface area (Å²) in [5, 5.41) is 23.9. The third-order valence-electron chi connectivity index (χ3n) is 4.08. The van der Waals surface area contributed by atoms with Crippen molar-refractivity contribution in [3.05, 3.63) is 22.5 Å². The topological polar surface area (TPSA) is 87.7 Å². The fourth-order valence-electron chi connectivity index (χ4n) is 2.67. The average molecular weight is 297 g/mol. The predicted octanol–water partition coefficient (Wildman–Crippen LogP) is 0.180. The van der Waals surface area contributed by atoms with Gasteiger partial charge in [0.25, 0.3) is 0 Å². The van der Waals surface area contributed by atoms with Gasteiger partial charge in [0.05, 0.1) is 18.1 Å². The van der Waals surface area contributed by atoms with Gasteiger partial charge in [-0.15, -0.1) is 0 Å². The van der Waals surface area contributed by atoms with Gasteiger partial charge >= 0.3 is 5.69 Å². The normalized spacial score (nSPS) is 18.8. The minimum absolute atomic E-state index is 0.0357. The number of rotatable bonds is 7. The molecule has 8 nitrogen and oxygen atoms in total. The molecule has 118 valence electrons. The SMILES string of the molecule is CCC(CO)N1CCN(CCn2cc([N+](=O)[O-])cn2)CC1. The summed E-state index contributed by atoms with van der Waals surface area (Å²) >= 11 is 0. The van der Waals surface area contributed by atoms with Crippen molar-refractivity contribution in [2.45, 2.75) is 25.9 Å². The van der Waals surface area contributed by atoms with Crippen LogP contribution in [0.25, 0.3) is 0 Å². The van der Waals surface area contributed by atoms with Gasteiger partial charge in [0.1, 0.15) is 12.4 Å². The largest absolute Gasteiger partial charge is 0.395 e. The van der Waals surface area contributed by atoms with Crippen LogP contribution >= 0.6 is 0 Å². The van der Waals surface area contributed by atoms with E-state index in [2.05, 4.69) is 21.8 Å². The molecule has 0 amide bonds. The second-order valence-corrected chi connectivity index (χ2v) is 5.34. The second-order valence-electron chi connectivity index (χ2n) is 5.34. The third kappa shape index (κ3) is 4.23. The Bertz CT molecular complexity index is 452. The summed E-state index contributed by atoms with van der Waals surface area (Å²) in [5.41, 5.74) is 0.0357. The molecule has 1 N–H and O–H groups in total. The molecule has 0 radical (unpaired) electrons. The Morgan fingerprint density at radius 1 is 1.38 bits per heavy atom. The van der Waals surface area contributed by atoms with Gasteiger partial charge in [-0.2, -0.15) is 5.10 Å². The molecule has 1 atom stereocenters. The molecule has 1 fully saturated rings. The van der Waals surface area contributed by atoms with Gasteiger partial charge < -0.3 is 5.11 Å². The molecule has 1 aromatic heterocycles. The van der Waals surface area contributed by atoms with Crippen LogP contribution in [-0.2, 0) is 6.54 Å². The fraction of sp³-hybridized carbons (Fsp3) is 0.769. The van der Waals surface area contributed by atoms with E-state index in [9.17, 15) is 15.2 Å². The Hall–Kier alpha value is -1.51. The highest BCUT2D eigenvalue weighted by Gasteiger charge is 2.22. The zero-order valence-electron chi connectivity index (χ0n) is 12.4. The monoisotopic (exact) mass is 297 g/mol. The maximum absolute atomic E-state index is 10.6. The van der Waals surface area contributed by atoms with Crippen molar-refractivity contribution in [2.75, 3.05) is 39.3 Å². The molecule has 1 unspecified atom stereocenters. The summed E-state index contributed by atoms with van der Waals surface area (Å²) in [6.07, 6.45) is 3.72. The molecule has 1 aliphatic heterocycles. The maximum Gasteiger partial charge on any atom is 0.306 e. The van der Waals surface area contributed by atoms with E-state index in [4.69, 9.17) is 0 Å². The van der Waals surface area contributed by atoms with E-state index in [1.807, 2.05) is 0 Å². The van der Waals surface area contributed by atoms with Gasteiger partial charge in [0.2, 0.25) is 0 Å². The smallest absolute Gasteiger partial charge is 0.306 e. The summed E-state index contributed by atoms with van der Waals surface area (Å²) in [5.74, 6) is 0. The van der Waals surface area contributed by atoms with Gasteiger partial charge in [-0.1, -0.05) is 6.92 Å². The predicted molar refractivity (Wildman–Crippen MR) is 78.1 cm³/mol. The number of aliphatic hydroxyl groups is 1. The van der Waals surface area contributed by atoms with E-state index in [1.165, 1.54) is 12.4 Å². The molecule has 2 heterocycles. The summed E-state index contributed by atoms with van der Waals surface area (Å²) in [6.45, 7) is 7.63. The molecule has 8 heteroatoms. The lowest BCUT2D eigenvalue weighted by molar-refractivity contribution is -0.385. The Labute approximate surface area is 124 Å². The summed E-state index contributed by atoms with van der Waals surface area (Å²) in [6, 6.07) is 0.265. The quantitative estimate of drug-likeness (QED) is 0.570. The highest BCUT2D eigenvalue weighted by atomic mass is 16.6. The highest BCUT2D eigenvalue weighted by Crippen LogP contribution is 2.10. The van der Waals surface area contributed by atoms with E-state index in [1.54, 1.807) is 4.68 Å². The number of aromatic nitrogens is 2. The van der Waals surface area contributed by atoms with Crippen molar-refractivity contribution in [1.29, 1.82) is 0 Å². The van der Waals surface area contributed by atoms with Crippen molar-refractivity contribution in [1.82, 2.24) is 19.6 Å². The molecule has 21 heavy (non-hydrogen) atoms. The zero-order chi connectivity index (χ0) is 15.2. The number of hydrogen-bond acceptors (Lipinski definition) is 6. The Balaban J connectivity index is 1.74. The first-order valence-electron chi connectivity index (χ1n) is 7.38. The van der Waals surface area contributed by atoms with Crippen LogP contribution < -0.4 is 0 Å². The molecule has 0 aromatic carbocycles. The van der Waals surface area contributed by atoms with Crippen LogP contribution in [0.2, 0.25) is 0 Å². The van der Waals surface area contributed by atoms with Gasteiger partial charge in [-0.3, -0.25) is 24.6 Å². The molecule has 0 saturated carbocycles. The molecule has 1 aliphatic rings. The number of hydrogen-bond donors (Lipinski definition) is 1. The van der Waals surface area contributed by atoms with Crippen LogP contribution in [0.5, 0.6) is 0 Å². The number of nitro groups is 1. The van der Waals surface area contributed by atoms with Gasteiger partial charge in [-0.05, 0) is 6.42 Å². The Kier molecular flexibility index (Phi) is 5.66. The first kappa shape index (κ1) is 15.9. The van der Waals surface area contributed by atoms with Crippen molar-refractivity contribution < 1.29 is 10.0 Å². The van der Waals surface area contributed by atoms with E-state index >= 15 is 0 Å². The first-order valence-corrected chi connectivity index (χ1v) is 7.38. The van der Waals surface area contributed by atoms with Crippen molar-refractivity contribution >= 4 is 5.69 Å². The number of piperazine rings is 1. The molecule has 0 aliphatic carbocycles. The first-order chi connectivity index (χ1) is 10.1. The minimum atomic E-state index is -0.429. The van der Waals surface area contributed by atoms with Crippen LogP contribution in [-0.4, -0.2) is 75.0 Å². The molecule has 1 saturated heterocycles. The molecule has 0 spiro atoms. The standard InChI is InChI=1S/C13H23N5O3/c1-2-12(11-19)16-6-3-15(4-7-16)5-8-17-10-13(9-14-17)18(20)21/h9-10,12,19H,2-8,11H2,1H3. The lowest BCUT2D eigenvalue weighted by Gasteiger charge is -2.38. The highest BCUT2D eigenvalue weighted by molar-refractivity contribution is 5.20. The maximum atomic E-state index is 10.6. The number of nitrogens with zero attached hydrogens (tertiary/aromatic N) is 5. The van der Waals surface area contributed by atoms with Crippen LogP contribution in [0.1, 0.15) is 13.3 Å². The number of aliphatic hydroxyl groups excluding tert-OH is 1. The summed E-state index contributed by atoms with van der Waals surface area (Å²) < 4.78 is 1.62. The van der Waals surface area contributed by atoms with Gasteiger partial charge in [-0.25, -0.2) is 0 Å². The fourth-order valence-corrected chi connectivity index (χ4v) is 2.67. The summed E-state index contributed by atoms with van der Waals surface area (Å²) in [4.78, 5) is 14.8. The van der Waals surface area contributed by atoms with Crippen LogP contribution in [0.4, 0.5) is 5.69 Å². The second kappa shape index (κ2) is 7.48. The van der Waals surface area contributed by atoms with Crippen molar-refractivity contribution in [3.63, 3.8) is 0 Å². The molecular formula is C13H23N5O3. The van der Waals surface area contributed by atoms with E-state index in [-0.39, 0.29) is 18.3 Å². The Morgan fingerprint density at radius 2 is 2.10 bits per heavy atom.